The van der Waals surface area contributed by atoms with Gasteiger partial charge in [-0.15, -0.1) is 0 Å². The van der Waals surface area contributed by atoms with Crippen molar-refractivity contribution in [2.45, 2.75) is 32.9 Å². The molecule has 1 N–H and O–H groups in total. The third-order valence-corrected chi connectivity index (χ3v) is 6.41. The molecular formula is C22H28ClN3O4S. The zero-order valence-electron chi connectivity index (χ0n) is 18.1. The lowest BCUT2D eigenvalue weighted by molar-refractivity contribution is -0.140. The third kappa shape index (κ3) is 6.45. The van der Waals surface area contributed by atoms with Gasteiger partial charge in [0, 0.05) is 18.6 Å². The molecule has 9 heteroatoms. The smallest absolute Gasteiger partial charge is 0.244 e. The quantitative estimate of drug-likeness (QED) is 0.616. The predicted molar refractivity (Wildman–Crippen MR) is 124 cm³/mol. The molecule has 2 amide bonds. The summed E-state index contributed by atoms with van der Waals surface area (Å²) in [7, 11) is -2.24. The number of anilines is 1. The Balaban J connectivity index is 2.44. The van der Waals surface area contributed by atoms with Gasteiger partial charge in [0.25, 0.3) is 0 Å². The molecular weight excluding hydrogens is 438 g/mol. The molecule has 2 aromatic rings. The highest BCUT2D eigenvalue weighted by Crippen LogP contribution is 2.22. The molecule has 31 heavy (non-hydrogen) atoms. The monoisotopic (exact) mass is 465 g/mol. The number of hydrogen-bond donors (Lipinski definition) is 1. The molecule has 1 atom stereocenters. The van der Waals surface area contributed by atoms with Crippen LogP contribution in [0.15, 0.2) is 48.5 Å². The van der Waals surface area contributed by atoms with Crippen LogP contribution < -0.4 is 9.62 Å². The minimum atomic E-state index is -3.74. The summed E-state index contributed by atoms with van der Waals surface area (Å²) in [6.45, 7) is 3.28. The van der Waals surface area contributed by atoms with Gasteiger partial charge in [-0.25, -0.2) is 8.42 Å². The van der Waals surface area contributed by atoms with Gasteiger partial charge in [0.15, 0.2) is 0 Å². The van der Waals surface area contributed by atoms with Crippen molar-refractivity contribution >= 4 is 39.1 Å². The minimum absolute atomic E-state index is 0.0792. The molecule has 0 radical (unpaired) electrons. The first-order chi connectivity index (χ1) is 14.6. The molecule has 0 spiro atoms. The normalized spacial score (nSPS) is 12.2. The number of amides is 2. The second-order valence-electron chi connectivity index (χ2n) is 7.26. The first kappa shape index (κ1) is 24.7. The highest BCUT2D eigenvalue weighted by molar-refractivity contribution is 7.92. The first-order valence-electron chi connectivity index (χ1n) is 9.87. The van der Waals surface area contributed by atoms with Crippen molar-refractivity contribution in [1.29, 1.82) is 0 Å². The van der Waals surface area contributed by atoms with Crippen LogP contribution in [0, 0.1) is 6.92 Å². The zero-order valence-corrected chi connectivity index (χ0v) is 19.7. The maximum atomic E-state index is 13.4. The van der Waals surface area contributed by atoms with Gasteiger partial charge in [-0.1, -0.05) is 48.9 Å². The molecule has 7 nitrogen and oxygen atoms in total. The summed E-state index contributed by atoms with van der Waals surface area (Å²) >= 11 is 6.28. The largest absolute Gasteiger partial charge is 0.357 e. The number of benzene rings is 2. The molecule has 0 unspecified atom stereocenters. The molecule has 0 saturated heterocycles. The van der Waals surface area contributed by atoms with Crippen LogP contribution in [0.25, 0.3) is 0 Å². The van der Waals surface area contributed by atoms with Gasteiger partial charge in [-0.2, -0.15) is 0 Å². The van der Waals surface area contributed by atoms with E-state index in [2.05, 4.69) is 5.32 Å². The van der Waals surface area contributed by atoms with Crippen LogP contribution in [0.4, 0.5) is 5.69 Å². The highest BCUT2D eigenvalue weighted by atomic mass is 35.5. The lowest BCUT2D eigenvalue weighted by atomic mass is 10.1. The van der Waals surface area contributed by atoms with E-state index in [1.165, 1.54) is 11.9 Å². The summed E-state index contributed by atoms with van der Waals surface area (Å²) in [5.41, 5.74) is 1.92. The van der Waals surface area contributed by atoms with E-state index < -0.39 is 28.5 Å². The number of sulfonamides is 1. The number of halogens is 1. The van der Waals surface area contributed by atoms with Crippen molar-refractivity contribution in [1.82, 2.24) is 10.2 Å². The number of aryl methyl sites for hydroxylation is 1. The van der Waals surface area contributed by atoms with E-state index in [1.807, 2.05) is 13.0 Å². The molecule has 0 saturated carbocycles. The fourth-order valence-corrected chi connectivity index (χ4v) is 4.33. The number of rotatable bonds is 9. The maximum absolute atomic E-state index is 13.4. The van der Waals surface area contributed by atoms with Crippen molar-refractivity contribution in [3.8, 4) is 0 Å². The molecule has 0 fully saturated rings. The van der Waals surface area contributed by atoms with E-state index in [-0.39, 0.29) is 12.5 Å². The van der Waals surface area contributed by atoms with Gasteiger partial charge in [0.1, 0.15) is 12.6 Å². The van der Waals surface area contributed by atoms with Crippen LogP contribution in [0.1, 0.15) is 24.5 Å². The fourth-order valence-electron chi connectivity index (χ4n) is 3.29. The Morgan fingerprint density at radius 3 is 2.35 bits per heavy atom. The van der Waals surface area contributed by atoms with E-state index in [9.17, 15) is 18.0 Å². The first-order valence-corrected chi connectivity index (χ1v) is 12.1. The molecule has 168 valence electrons. The van der Waals surface area contributed by atoms with Gasteiger partial charge >= 0.3 is 0 Å². The molecule has 2 rings (SSSR count). The minimum Gasteiger partial charge on any atom is -0.357 e. The molecule has 0 aliphatic carbocycles. The lowest BCUT2D eigenvalue weighted by Gasteiger charge is -2.32. The fraction of sp³-hybridized carbons (Fsp3) is 0.364. The van der Waals surface area contributed by atoms with Gasteiger partial charge in [0.2, 0.25) is 21.8 Å². The molecule has 0 aliphatic rings. The summed E-state index contributed by atoms with van der Waals surface area (Å²) in [4.78, 5) is 27.3. The van der Waals surface area contributed by atoms with E-state index >= 15 is 0 Å². The molecule has 0 bridgehead atoms. The average molecular weight is 466 g/mol. The Bertz CT molecular complexity index is 1040. The maximum Gasteiger partial charge on any atom is 0.244 e. The number of nitrogens with zero attached hydrogens (tertiary/aromatic N) is 2. The predicted octanol–water partition coefficient (Wildman–Crippen LogP) is 2.97. The van der Waals surface area contributed by atoms with Crippen molar-refractivity contribution < 1.29 is 18.0 Å². The summed E-state index contributed by atoms with van der Waals surface area (Å²) in [6, 6.07) is 13.2. The summed E-state index contributed by atoms with van der Waals surface area (Å²) in [6.07, 6.45) is 1.41. The number of carbonyl (C=O) groups is 2. The van der Waals surface area contributed by atoms with Crippen LogP contribution in [-0.2, 0) is 26.2 Å². The van der Waals surface area contributed by atoms with Crippen LogP contribution in [0.3, 0.4) is 0 Å². The number of nitrogens with one attached hydrogen (secondary N) is 1. The zero-order chi connectivity index (χ0) is 23.2. The topological polar surface area (TPSA) is 86.8 Å². The Morgan fingerprint density at radius 1 is 1.13 bits per heavy atom. The van der Waals surface area contributed by atoms with Gasteiger partial charge in [-0.3, -0.25) is 13.9 Å². The van der Waals surface area contributed by atoms with Gasteiger partial charge < -0.3 is 10.2 Å². The number of likely N-dealkylation sites (N-methyl/N-ethyl adjacent to an activating group) is 1. The van der Waals surface area contributed by atoms with Crippen molar-refractivity contribution in [2.24, 2.45) is 0 Å². The summed E-state index contributed by atoms with van der Waals surface area (Å²) in [5, 5.41) is 3.04. The Labute approximate surface area is 189 Å². The summed E-state index contributed by atoms with van der Waals surface area (Å²) in [5.74, 6) is -0.827. The number of carbonyl (C=O) groups excluding carboxylic acids is 2. The van der Waals surface area contributed by atoms with E-state index in [0.717, 1.165) is 16.1 Å². The molecule has 0 heterocycles. The van der Waals surface area contributed by atoms with E-state index in [1.54, 1.807) is 49.4 Å². The highest BCUT2D eigenvalue weighted by Gasteiger charge is 2.31. The number of hydrogen-bond acceptors (Lipinski definition) is 4. The lowest BCUT2D eigenvalue weighted by Crippen LogP contribution is -2.51. The van der Waals surface area contributed by atoms with E-state index in [0.29, 0.717) is 22.7 Å². The second-order valence-corrected chi connectivity index (χ2v) is 9.57. The Hall–Kier alpha value is -2.58. The van der Waals surface area contributed by atoms with E-state index in [4.69, 9.17) is 11.6 Å². The molecule has 2 aromatic carbocycles. The van der Waals surface area contributed by atoms with Gasteiger partial charge in [0.05, 0.1) is 11.9 Å². The van der Waals surface area contributed by atoms with Gasteiger partial charge in [-0.05, 0) is 42.7 Å². The third-order valence-electron chi connectivity index (χ3n) is 4.90. The van der Waals surface area contributed by atoms with Crippen molar-refractivity contribution in [3.05, 3.63) is 64.7 Å². The molecule has 0 aliphatic heterocycles. The average Bonchev–Trinajstić information content (AvgIpc) is 2.71. The summed E-state index contributed by atoms with van der Waals surface area (Å²) < 4.78 is 26.0. The Morgan fingerprint density at radius 2 is 1.81 bits per heavy atom. The van der Waals surface area contributed by atoms with Crippen LogP contribution in [0.2, 0.25) is 5.02 Å². The van der Waals surface area contributed by atoms with Crippen LogP contribution in [-0.4, -0.2) is 51.0 Å². The molecule has 0 aromatic heterocycles. The standard InChI is InChI=1S/C22H28ClN3O4S/c1-5-20(22(28)24-3)25(14-17-10-6-7-12-19(17)23)21(27)15-26(31(4,29)30)18-11-8-9-16(2)13-18/h6-13,20H,5,14-15H2,1-4H3,(H,24,28)/t20-/m1/s1. The van der Waals surface area contributed by atoms with Crippen molar-refractivity contribution in [3.63, 3.8) is 0 Å². The van der Waals surface area contributed by atoms with Crippen LogP contribution in [0.5, 0.6) is 0 Å². The second kappa shape index (κ2) is 10.6. The van der Waals surface area contributed by atoms with Crippen LogP contribution >= 0.6 is 11.6 Å². The van der Waals surface area contributed by atoms with Crippen molar-refractivity contribution in [2.75, 3.05) is 24.2 Å². The SMILES string of the molecule is CC[C@H](C(=O)NC)N(Cc1ccccc1Cl)C(=O)CN(c1cccc(C)c1)S(C)(=O)=O. The Kier molecular flexibility index (Phi) is 8.47.